The molecule has 0 aliphatic heterocycles. The fraction of sp³-hybridized carbons (Fsp3) is 0.345. The summed E-state index contributed by atoms with van der Waals surface area (Å²) in [5, 5.41) is 36.8. The highest BCUT2D eigenvalue weighted by atomic mass is 32.2. The molecule has 13 nitrogen and oxygen atoms in total. The Morgan fingerprint density at radius 1 is 0.814 bits per heavy atom. The molecule has 0 aliphatic rings. The molecule has 3 amide bonds. The molecule has 9 N–H and O–H groups in total. The highest BCUT2D eigenvalue weighted by molar-refractivity contribution is 7.98. The Balaban J connectivity index is 1.82. The lowest BCUT2D eigenvalue weighted by Gasteiger charge is -2.25. The van der Waals surface area contributed by atoms with Gasteiger partial charge in [0, 0.05) is 31.2 Å². The first-order chi connectivity index (χ1) is 20.5. The van der Waals surface area contributed by atoms with Crippen LogP contribution in [0.2, 0.25) is 0 Å². The van der Waals surface area contributed by atoms with Crippen molar-refractivity contribution in [2.45, 2.75) is 49.9 Å². The number of phenolic OH excluding ortho intramolecular Hbond substituents is 2. The van der Waals surface area contributed by atoms with Crippen LogP contribution < -0.4 is 21.7 Å². The Morgan fingerprint density at radius 3 is 1.79 bits per heavy atom. The monoisotopic (exact) mass is 612 g/mol. The van der Waals surface area contributed by atoms with Crippen molar-refractivity contribution in [2.24, 2.45) is 5.73 Å². The molecule has 3 aromatic rings. The number of carbonyl (C=O) groups is 4. The highest BCUT2D eigenvalue weighted by Crippen LogP contribution is 2.14. The van der Waals surface area contributed by atoms with E-state index in [1.165, 1.54) is 48.6 Å². The van der Waals surface area contributed by atoms with Crippen molar-refractivity contribution in [1.82, 2.24) is 25.9 Å². The zero-order chi connectivity index (χ0) is 31.4. The van der Waals surface area contributed by atoms with E-state index >= 15 is 0 Å². The lowest BCUT2D eigenvalue weighted by molar-refractivity contribution is -0.142. The summed E-state index contributed by atoms with van der Waals surface area (Å²) in [7, 11) is 0. The van der Waals surface area contributed by atoms with Gasteiger partial charge in [-0.15, -0.1) is 0 Å². The topological polar surface area (TPSA) is 220 Å². The minimum Gasteiger partial charge on any atom is -0.508 e. The number of rotatable bonds is 16. The van der Waals surface area contributed by atoms with Crippen LogP contribution in [0.3, 0.4) is 0 Å². The predicted octanol–water partition coefficient (Wildman–Crippen LogP) is 0.468. The summed E-state index contributed by atoms with van der Waals surface area (Å²) in [5.74, 6) is -2.62. The second kappa shape index (κ2) is 16.2. The minimum atomic E-state index is -1.34. The average Bonchev–Trinajstić information content (AvgIpc) is 3.50. The number of aromatic nitrogens is 2. The lowest BCUT2D eigenvalue weighted by Crippen LogP contribution is -2.58. The molecule has 0 saturated heterocycles. The number of nitrogens with one attached hydrogen (secondary N) is 4. The quantitative estimate of drug-likeness (QED) is 0.112. The molecule has 14 heteroatoms. The molecule has 0 bridgehead atoms. The van der Waals surface area contributed by atoms with Gasteiger partial charge in [0.25, 0.3) is 0 Å². The fourth-order valence-corrected chi connectivity index (χ4v) is 4.66. The van der Waals surface area contributed by atoms with E-state index < -0.39 is 47.9 Å². The highest BCUT2D eigenvalue weighted by Gasteiger charge is 2.31. The van der Waals surface area contributed by atoms with Gasteiger partial charge < -0.3 is 42.0 Å². The van der Waals surface area contributed by atoms with E-state index in [9.17, 15) is 34.5 Å². The first-order valence-electron chi connectivity index (χ1n) is 13.5. The molecule has 4 atom stereocenters. The van der Waals surface area contributed by atoms with Crippen molar-refractivity contribution in [1.29, 1.82) is 0 Å². The number of carbonyl (C=O) groups excluding carboxylic acids is 3. The maximum absolute atomic E-state index is 13.6. The first-order valence-corrected chi connectivity index (χ1v) is 14.9. The van der Waals surface area contributed by atoms with Crippen LogP contribution in [0.4, 0.5) is 0 Å². The molecule has 43 heavy (non-hydrogen) atoms. The van der Waals surface area contributed by atoms with E-state index in [2.05, 4.69) is 25.9 Å². The Hall–Kier alpha value is -4.56. The predicted molar refractivity (Wildman–Crippen MR) is 160 cm³/mol. The number of aromatic amines is 1. The maximum atomic E-state index is 13.6. The summed E-state index contributed by atoms with van der Waals surface area (Å²) >= 11 is 1.53. The number of carboxylic acid groups (broad SMARTS) is 1. The first kappa shape index (κ1) is 32.9. The van der Waals surface area contributed by atoms with Gasteiger partial charge in [0.15, 0.2) is 0 Å². The molecule has 230 valence electrons. The summed E-state index contributed by atoms with van der Waals surface area (Å²) in [6.07, 6.45) is 5.12. The molecule has 0 aliphatic carbocycles. The molecule has 0 spiro atoms. The third kappa shape index (κ3) is 10.7. The summed E-state index contributed by atoms with van der Waals surface area (Å²) in [4.78, 5) is 58.8. The van der Waals surface area contributed by atoms with Crippen LogP contribution in [-0.2, 0) is 38.4 Å². The van der Waals surface area contributed by atoms with Crippen LogP contribution in [-0.4, -0.2) is 85.2 Å². The van der Waals surface area contributed by atoms with Crippen LogP contribution in [0.15, 0.2) is 61.1 Å². The second-order valence-electron chi connectivity index (χ2n) is 9.93. The zero-order valence-electron chi connectivity index (χ0n) is 23.5. The molecule has 1 aromatic heterocycles. The normalized spacial score (nSPS) is 13.7. The Bertz CT molecular complexity index is 1350. The molecule has 0 fully saturated rings. The smallest absolute Gasteiger partial charge is 0.326 e. The Labute approximate surface area is 252 Å². The van der Waals surface area contributed by atoms with Crippen molar-refractivity contribution in [3.63, 3.8) is 0 Å². The third-order valence-electron chi connectivity index (χ3n) is 6.58. The molecule has 4 unspecified atom stereocenters. The zero-order valence-corrected chi connectivity index (χ0v) is 24.3. The van der Waals surface area contributed by atoms with E-state index in [1.54, 1.807) is 24.3 Å². The van der Waals surface area contributed by atoms with Crippen LogP contribution in [0.25, 0.3) is 0 Å². The lowest BCUT2D eigenvalue weighted by atomic mass is 10.0. The van der Waals surface area contributed by atoms with E-state index in [1.807, 2.05) is 6.26 Å². The van der Waals surface area contributed by atoms with E-state index in [0.717, 1.165) is 0 Å². The maximum Gasteiger partial charge on any atom is 0.326 e. The number of phenols is 2. The second-order valence-corrected chi connectivity index (χ2v) is 10.9. The number of thioether (sulfide) groups is 1. The van der Waals surface area contributed by atoms with Gasteiger partial charge in [-0.3, -0.25) is 14.4 Å². The number of H-pyrrole nitrogens is 1. The van der Waals surface area contributed by atoms with Crippen LogP contribution in [0.1, 0.15) is 23.2 Å². The van der Waals surface area contributed by atoms with E-state index in [-0.39, 0.29) is 30.8 Å². The average molecular weight is 613 g/mol. The van der Waals surface area contributed by atoms with Gasteiger partial charge in [0.05, 0.1) is 12.4 Å². The summed E-state index contributed by atoms with van der Waals surface area (Å²) in [5.41, 5.74) is 7.71. The van der Waals surface area contributed by atoms with Gasteiger partial charge in [-0.2, -0.15) is 11.8 Å². The van der Waals surface area contributed by atoms with Gasteiger partial charge in [-0.25, -0.2) is 9.78 Å². The third-order valence-corrected chi connectivity index (χ3v) is 7.23. The fourth-order valence-electron chi connectivity index (χ4n) is 4.17. The number of hydrogen-bond acceptors (Lipinski definition) is 9. The van der Waals surface area contributed by atoms with E-state index in [0.29, 0.717) is 29.0 Å². The number of carboxylic acids is 1. The number of benzene rings is 2. The Morgan fingerprint density at radius 2 is 1.30 bits per heavy atom. The van der Waals surface area contributed by atoms with E-state index in [4.69, 9.17) is 5.73 Å². The molecule has 0 radical (unpaired) electrons. The van der Waals surface area contributed by atoms with Crippen molar-refractivity contribution in [3.8, 4) is 11.5 Å². The van der Waals surface area contributed by atoms with Gasteiger partial charge in [-0.1, -0.05) is 24.3 Å². The number of nitrogens with zero attached hydrogens (tertiary/aromatic N) is 1. The molecule has 0 saturated carbocycles. The van der Waals surface area contributed by atoms with Crippen molar-refractivity contribution in [2.75, 3.05) is 12.0 Å². The van der Waals surface area contributed by atoms with Crippen molar-refractivity contribution >= 4 is 35.5 Å². The van der Waals surface area contributed by atoms with Gasteiger partial charge in [0.1, 0.15) is 29.6 Å². The molecule has 2 aromatic carbocycles. The number of hydrogen-bond donors (Lipinski definition) is 8. The van der Waals surface area contributed by atoms with Gasteiger partial charge >= 0.3 is 5.97 Å². The van der Waals surface area contributed by atoms with Gasteiger partial charge in [-0.05, 0) is 53.8 Å². The Kier molecular flexibility index (Phi) is 12.4. The molecular formula is C29H36N6O7S. The van der Waals surface area contributed by atoms with Crippen LogP contribution >= 0.6 is 11.8 Å². The largest absolute Gasteiger partial charge is 0.508 e. The van der Waals surface area contributed by atoms with Crippen LogP contribution in [0, 0.1) is 0 Å². The standard InChI is InChI=1S/C29H36N6O7S/c1-43-11-10-22(30)26(38)33-24(14-19-15-31-16-32-19)28(40)34-23(12-17-2-6-20(36)7-3-17)27(39)35-25(29(41)42)13-18-4-8-21(37)9-5-18/h2-9,15-16,22-25,36-37H,10-14,30H2,1H3,(H,31,32)(H,33,38)(H,34,40)(H,35,39)(H,41,42). The van der Waals surface area contributed by atoms with Crippen molar-refractivity contribution in [3.05, 3.63) is 77.9 Å². The molecular weight excluding hydrogens is 576 g/mol. The van der Waals surface area contributed by atoms with Gasteiger partial charge in [0.2, 0.25) is 17.7 Å². The number of nitrogens with two attached hydrogens (primary N) is 1. The molecule has 3 rings (SSSR count). The summed E-state index contributed by atoms with van der Waals surface area (Å²) < 4.78 is 0. The summed E-state index contributed by atoms with van der Waals surface area (Å²) in [6, 6.07) is 7.32. The molecule has 1 heterocycles. The SMILES string of the molecule is CSCCC(N)C(=O)NC(Cc1cnc[nH]1)C(=O)NC(Cc1ccc(O)cc1)C(=O)NC(Cc1ccc(O)cc1)C(=O)O. The number of imidazole rings is 1. The summed E-state index contributed by atoms with van der Waals surface area (Å²) in [6.45, 7) is 0. The minimum absolute atomic E-state index is 0.00812. The number of amides is 3. The number of aromatic hydroxyl groups is 2. The number of aliphatic carboxylic acids is 1. The van der Waals surface area contributed by atoms with Crippen molar-refractivity contribution < 1.29 is 34.5 Å². The van der Waals surface area contributed by atoms with Crippen LogP contribution in [0.5, 0.6) is 11.5 Å².